The standard InChI is InChI=1S/C17H19NOS/c1-13(19)12-17-18(14-8-4-2-3-5-9-14)15-10-6-7-11-16(15)20-17/h6-8,10-12H,2-5,9H2,1H3/b17-12-. The molecule has 0 N–H and O–H groups in total. The monoisotopic (exact) mass is 285 g/mol. The van der Waals surface area contributed by atoms with Crippen LogP contribution in [0.3, 0.4) is 0 Å². The van der Waals surface area contributed by atoms with Crippen molar-refractivity contribution in [2.75, 3.05) is 4.90 Å². The molecule has 0 unspecified atom stereocenters. The van der Waals surface area contributed by atoms with E-state index in [4.69, 9.17) is 0 Å². The molecule has 0 saturated carbocycles. The number of ketones is 1. The van der Waals surface area contributed by atoms with Gasteiger partial charge in [-0.15, -0.1) is 0 Å². The minimum absolute atomic E-state index is 0.111. The molecule has 3 rings (SSSR count). The third-order valence-corrected chi connectivity index (χ3v) is 4.75. The van der Waals surface area contributed by atoms with Crippen LogP contribution in [0.5, 0.6) is 0 Å². The van der Waals surface area contributed by atoms with Gasteiger partial charge in [0.2, 0.25) is 0 Å². The number of allylic oxidation sites excluding steroid dienone is 3. The molecule has 0 spiro atoms. The van der Waals surface area contributed by atoms with Crippen molar-refractivity contribution in [3.05, 3.63) is 47.1 Å². The van der Waals surface area contributed by atoms with Gasteiger partial charge in [-0.2, -0.15) is 0 Å². The summed E-state index contributed by atoms with van der Waals surface area (Å²) in [4.78, 5) is 15.0. The van der Waals surface area contributed by atoms with E-state index in [1.54, 1.807) is 24.8 Å². The number of hydrogen-bond donors (Lipinski definition) is 0. The molecule has 0 fully saturated rings. The summed E-state index contributed by atoms with van der Waals surface area (Å²) in [5.74, 6) is 0.111. The molecule has 0 bridgehead atoms. The fraction of sp³-hybridized carbons (Fsp3) is 0.353. The van der Waals surface area contributed by atoms with Crippen molar-refractivity contribution in [2.24, 2.45) is 0 Å². The number of carbonyl (C=O) groups is 1. The van der Waals surface area contributed by atoms with E-state index < -0.39 is 0 Å². The summed E-state index contributed by atoms with van der Waals surface area (Å²) in [6.45, 7) is 1.62. The van der Waals surface area contributed by atoms with Crippen LogP contribution in [0.1, 0.15) is 39.0 Å². The first-order valence-corrected chi connectivity index (χ1v) is 8.05. The highest BCUT2D eigenvalue weighted by Gasteiger charge is 2.27. The first kappa shape index (κ1) is 13.5. The van der Waals surface area contributed by atoms with Crippen molar-refractivity contribution >= 4 is 23.2 Å². The van der Waals surface area contributed by atoms with Crippen LogP contribution in [0.2, 0.25) is 0 Å². The van der Waals surface area contributed by atoms with Gasteiger partial charge in [0.25, 0.3) is 0 Å². The maximum atomic E-state index is 11.5. The van der Waals surface area contributed by atoms with E-state index in [1.807, 2.05) is 0 Å². The Morgan fingerprint density at radius 1 is 1.25 bits per heavy atom. The molecule has 1 aliphatic heterocycles. The van der Waals surface area contributed by atoms with Crippen molar-refractivity contribution in [1.29, 1.82) is 0 Å². The van der Waals surface area contributed by atoms with Gasteiger partial charge in [-0.25, -0.2) is 0 Å². The van der Waals surface area contributed by atoms with Gasteiger partial charge < -0.3 is 4.90 Å². The Kier molecular flexibility index (Phi) is 3.97. The van der Waals surface area contributed by atoms with Gasteiger partial charge >= 0.3 is 0 Å². The molecule has 0 atom stereocenters. The minimum atomic E-state index is 0.111. The Morgan fingerprint density at radius 3 is 2.95 bits per heavy atom. The molecule has 1 aromatic rings. The lowest BCUT2D eigenvalue weighted by Gasteiger charge is -2.23. The molecular weight excluding hydrogens is 266 g/mol. The number of carbonyl (C=O) groups excluding carboxylic acids is 1. The fourth-order valence-electron chi connectivity index (χ4n) is 2.77. The van der Waals surface area contributed by atoms with Crippen LogP contribution >= 0.6 is 11.8 Å². The van der Waals surface area contributed by atoms with Crippen LogP contribution < -0.4 is 4.90 Å². The Labute approximate surface area is 124 Å². The molecule has 1 aliphatic carbocycles. The SMILES string of the molecule is CC(=O)/C=C1\Sc2ccccc2N1C1=CCCCCC1. The summed E-state index contributed by atoms with van der Waals surface area (Å²) in [7, 11) is 0. The summed E-state index contributed by atoms with van der Waals surface area (Å²) < 4.78 is 0. The van der Waals surface area contributed by atoms with Crippen LogP contribution in [0.25, 0.3) is 0 Å². The molecule has 0 amide bonds. The van der Waals surface area contributed by atoms with Crippen molar-refractivity contribution in [2.45, 2.75) is 43.9 Å². The summed E-state index contributed by atoms with van der Waals surface area (Å²) in [5.41, 5.74) is 2.57. The van der Waals surface area contributed by atoms with Crippen molar-refractivity contribution in [3.8, 4) is 0 Å². The first-order valence-electron chi connectivity index (χ1n) is 7.24. The van der Waals surface area contributed by atoms with Gasteiger partial charge in [-0.1, -0.05) is 36.4 Å². The second-order valence-electron chi connectivity index (χ2n) is 5.29. The number of hydrogen-bond acceptors (Lipinski definition) is 3. The van der Waals surface area contributed by atoms with E-state index in [9.17, 15) is 4.79 Å². The van der Waals surface area contributed by atoms with Gasteiger partial charge in [-0.3, -0.25) is 4.79 Å². The van der Waals surface area contributed by atoms with Gasteiger partial charge in [0.15, 0.2) is 5.78 Å². The van der Waals surface area contributed by atoms with Crippen molar-refractivity contribution in [1.82, 2.24) is 0 Å². The Balaban J connectivity index is 2.03. The predicted octanol–water partition coefficient (Wildman–Crippen LogP) is 4.88. The van der Waals surface area contributed by atoms with Crippen LogP contribution in [0.15, 0.2) is 52.0 Å². The smallest absolute Gasteiger partial charge is 0.155 e. The third kappa shape index (κ3) is 2.68. The first-order chi connectivity index (χ1) is 9.75. The highest BCUT2D eigenvalue weighted by atomic mass is 32.2. The van der Waals surface area contributed by atoms with E-state index in [0.717, 1.165) is 17.9 Å². The Morgan fingerprint density at radius 2 is 2.10 bits per heavy atom. The van der Waals surface area contributed by atoms with Crippen molar-refractivity contribution < 1.29 is 4.79 Å². The van der Waals surface area contributed by atoms with E-state index in [-0.39, 0.29) is 5.78 Å². The van der Waals surface area contributed by atoms with Gasteiger partial charge in [-0.05, 0) is 44.7 Å². The lowest BCUT2D eigenvalue weighted by atomic mass is 10.2. The largest absolute Gasteiger partial charge is 0.307 e. The number of anilines is 1. The minimum Gasteiger partial charge on any atom is -0.307 e. The number of nitrogens with zero attached hydrogens (tertiary/aromatic N) is 1. The zero-order valence-electron chi connectivity index (χ0n) is 11.8. The topological polar surface area (TPSA) is 20.3 Å². The van der Waals surface area contributed by atoms with Crippen molar-refractivity contribution in [3.63, 3.8) is 0 Å². The second kappa shape index (κ2) is 5.88. The molecule has 2 aliphatic rings. The molecule has 104 valence electrons. The van der Waals surface area contributed by atoms with Crippen LogP contribution in [0.4, 0.5) is 5.69 Å². The number of fused-ring (bicyclic) bond motifs is 1. The second-order valence-corrected chi connectivity index (χ2v) is 6.36. The van der Waals surface area contributed by atoms with Gasteiger partial charge in [0, 0.05) is 16.7 Å². The Bertz CT molecular complexity index is 588. The molecule has 1 heterocycles. The predicted molar refractivity (Wildman–Crippen MR) is 84.7 cm³/mol. The summed E-state index contributed by atoms with van der Waals surface area (Å²) in [5, 5.41) is 1.05. The third-order valence-electron chi connectivity index (χ3n) is 3.67. The maximum Gasteiger partial charge on any atom is 0.155 e. The van der Waals surface area contributed by atoms with E-state index in [1.165, 1.54) is 35.5 Å². The summed E-state index contributed by atoms with van der Waals surface area (Å²) >= 11 is 1.70. The number of para-hydroxylation sites is 1. The molecule has 20 heavy (non-hydrogen) atoms. The highest BCUT2D eigenvalue weighted by Crippen LogP contribution is 2.48. The summed E-state index contributed by atoms with van der Waals surface area (Å²) in [6, 6.07) is 8.41. The number of thioether (sulfide) groups is 1. The molecule has 0 aromatic heterocycles. The molecule has 0 saturated heterocycles. The van der Waals surface area contributed by atoms with Crippen LogP contribution in [0, 0.1) is 0 Å². The van der Waals surface area contributed by atoms with Crippen LogP contribution in [-0.4, -0.2) is 5.78 Å². The highest BCUT2D eigenvalue weighted by molar-refractivity contribution is 8.03. The van der Waals surface area contributed by atoms with Gasteiger partial charge in [0.05, 0.1) is 10.7 Å². The molecular formula is C17H19NOS. The average Bonchev–Trinajstić information content (AvgIpc) is 2.61. The number of rotatable bonds is 2. The molecule has 2 nitrogen and oxygen atoms in total. The molecule has 0 radical (unpaired) electrons. The average molecular weight is 285 g/mol. The molecule has 3 heteroatoms. The van der Waals surface area contributed by atoms with E-state index in [0.29, 0.717) is 0 Å². The van der Waals surface area contributed by atoms with Gasteiger partial charge in [0.1, 0.15) is 0 Å². The Hall–Kier alpha value is -1.48. The van der Waals surface area contributed by atoms with Crippen LogP contribution in [-0.2, 0) is 4.79 Å². The zero-order valence-corrected chi connectivity index (χ0v) is 12.6. The zero-order chi connectivity index (χ0) is 13.9. The summed E-state index contributed by atoms with van der Waals surface area (Å²) in [6.07, 6.45) is 10.2. The molecule has 1 aromatic carbocycles. The van der Waals surface area contributed by atoms with E-state index >= 15 is 0 Å². The normalized spacial score (nSPS) is 20.6. The quantitative estimate of drug-likeness (QED) is 0.722. The lowest BCUT2D eigenvalue weighted by Crippen LogP contribution is -2.17. The maximum absolute atomic E-state index is 11.5. The fourth-order valence-corrected chi connectivity index (χ4v) is 3.94. The number of benzene rings is 1. The van der Waals surface area contributed by atoms with E-state index in [2.05, 4.69) is 35.2 Å². The lowest BCUT2D eigenvalue weighted by molar-refractivity contribution is -0.112.